The average Bonchev–Trinajstić information content (AvgIpc) is 2.45. The highest BCUT2D eigenvalue weighted by Gasteiger charge is 2.13. The molecule has 1 aromatic rings. The van der Waals surface area contributed by atoms with E-state index in [1.807, 2.05) is 18.9 Å². The van der Waals surface area contributed by atoms with Crippen molar-refractivity contribution in [1.82, 2.24) is 14.7 Å². The van der Waals surface area contributed by atoms with Gasteiger partial charge in [0.05, 0.1) is 12.2 Å². The van der Waals surface area contributed by atoms with Crippen LogP contribution in [0.4, 0.5) is 0 Å². The molecule has 0 saturated heterocycles. The van der Waals surface area contributed by atoms with Gasteiger partial charge in [-0.25, -0.2) is 0 Å². The monoisotopic (exact) mass is 245 g/mol. The Hall–Kier alpha value is -1.27. The number of halogens is 1. The Balaban J connectivity index is 2.73. The van der Waals surface area contributed by atoms with Crippen molar-refractivity contribution in [3.8, 4) is 0 Å². The highest BCUT2D eigenvalue weighted by molar-refractivity contribution is 6.30. The summed E-state index contributed by atoms with van der Waals surface area (Å²) < 4.78 is 1.63. The van der Waals surface area contributed by atoms with Crippen LogP contribution in [0.5, 0.6) is 0 Å². The van der Waals surface area contributed by atoms with Crippen LogP contribution < -0.4 is 5.73 Å². The minimum absolute atomic E-state index is 0.167. The van der Waals surface area contributed by atoms with Crippen molar-refractivity contribution in [2.75, 3.05) is 13.6 Å². The highest BCUT2D eigenvalue weighted by atomic mass is 35.5. The van der Waals surface area contributed by atoms with E-state index in [9.17, 15) is 0 Å². The van der Waals surface area contributed by atoms with Crippen molar-refractivity contribution in [3.05, 3.63) is 16.4 Å². The van der Waals surface area contributed by atoms with Crippen molar-refractivity contribution in [2.24, 2.45) is 17.9 Å². The van der Waals surface area contributed by atoms with E-state index in [2.05, 4.69) is 10.3 Å². The molecule has 7 heteroatoms. The topological polar surface area (TPSA) is 79.7 Å². The molecule has 0 amide bonds. The lowest BCUT2D eigenvalue weighted by molar-refractivity contribution is 0.308. The predicted molar refractivity (Wildman–Crippen MR) is 62.7 cm³/mol. The summed E-state index contributed by atoms with van der Waals surface area (Å²) in [5.41, 5.74) is 7.26. The lowest BCUT2D eigenvalue weighted by atomic mass is 10.2. The minimum Gasteiger partial charge on any atom is -0.409 e. The summed E-state index contributed by atoms with van der Waals surface area (Å²) in [4.78, 5) is 1.89. The van der Waals surface area contributed by atoms with Gasteiger partial charge in [-0.2, -0.15) is 5.10 Å². The number of nitrogens with zero attached hydrogens (tertiary/aromatic N) is 4. The van der Waals surface area contributed by atoms with Crippen LogP contribution in [-0.4, -0.2) is 39.3 Å². The average molecular weight is 246 g/mol. The maximum Gasteiger partial charge on any atom is 0.153 e. The van der Waals surface area contributed by atoms with Gasteiger partial charge in [0.2, 0.25) is 0 Å². The molecule has 0 atom stereocenters. The Kier molecular flexibility index (Phi) is 4.14. The first-order valence-electron chi connectivity index (χ1n) is 4.78. The smallest absolute Gasteiger partial charge is 0.153 e. The zero-order valence-electron chi connectivity index (χ0n) is 9.61. The summed E-state index contributed by atoms with van der Waals surface area (Å²) in [5.74, 6) is 0.167. The van der Waals surface area contributed by atoms with Gasteiger partial charge in [-0.1, -0.05) is 16.8 Å². The number of amidine groups is 1. The molecule has 0 unspecified atom stereocenters. The third kappa shape index (κ3) is 2.86. The van der Waals surface area contributed by atoms with Crippen LogP contribution in [0.3, 0.4) is 0 Å². The number of aromatic nitrogens is 2. The molecular weight excluding hydrogens is 230 g/mol. The van der Waals surface area contributed by atoms with Gasteiger partial charge < -0.3 is 10.9 Å². The first-order chi connectivity index (χ1) is 7.45. The molecule has 0 radical (unpaired) electrons. The normalized spacial score (nSPS) is 12.4. The molecule has 90 valence electrons. The summed E-state index contributed by atoms with van der Waals surface area (Å²) in [6.07, 6.45) is 0. The van der Waals surface area contributed by atoms with Crippen LogP contribution in [0.1, 0.15) is 11.3 Å². The minimum atomic E-state index is 0.167. The van der Waals surface area contributed by atoms with E-state index in [1.54, 1.807) is 11.7 Å². The predicted octanol–water partition coefficient (Wildman–Crippen LogP) is 0.560. The Bertz CT molecular complexity index is 401. The second kappa shape index (κ2) is 5.18. The number of rotatable bonds is 4. The van der Waals surface area contributed by atoms with Crippen molar-refractivity contribution in [1.29, 1.82) is 0 Å². The van der Waals surface area contributed by atoms with Crippen LogP contribution in [0, 0.1) is 6.92 Å². The van der Waals surface area contributed by atoms with E-state index in [-0.39, 0.29) is 5.84 Å². The van der Waals surface area contributed by atoms with Gasteiger partial charge in [0, 0.05) is 19.2 Å². The number of nitrogens with two attached hydrogens (primary N) is 1. The van der Waals surface area contributed by atoms with Gasteiger partial charge in [0.1, 0.15) is 5.15 Å². The van der Waals surface area contributed by atoms with Crippen molar-refractivity contribution < 1.29 is 5.21 Å². The van der Waals surface area contributed by atoms with Crippen molar-refractivity contribution >= 4 is 17.4 Å². The SMILES string of the molecule is Cc1nn(C)c(Cl)c1CN(C)CC(N)=NO. The number of likely N-dealkylation sites (N-methyl/N-ethyl adjacent to an activating group) is 1. The molecular formula is C9H16ClN5O. The van der Waals surface area contributed by atoms with Gasteiger partial charge in [-0.15, -0.1) is 0 Å². The molecule has 1 rings (SSSR count). The molecule has 6 nitrogen and oxygen atoms in total. The standard InChI is InChI=1S/C9H16ClN5O/c1-6-7(9(10)15(3)12-6)4-14(2)5-8(11)13-16/h16H,4-5H2,1-3H3,(H2,11,13). The van der Waals surface area contributed by atoms with E-state index in [0.717, 1.165) is 11.3 Å². The van der Waals surface area contributed by atoms with E-state index in [4.69, 9.17) is 22.5 Å². The Labute approximate surface area is 99.3 Å². The summed E-state index contributed by atoms with van der Waals surface area (Å²) in [6.45, 7) is 2.88. The molecule has 0 saturated carbocycles. The Morgan fingerprint density at radius 3 is 2.75 bits per heavy atom. The first-order valence-corrected chi connectivity index (χ1v) is 5.16. The zero-order chi connectivity index (χ0) is 12.3. The lowest BCUT2D eigenvalue weighted by Crippen LogP contribution is -2.30. The molecule has 16 heavy (non-hydrogen) atoms. The fourth-order valence-corrected chi connectivity index (χ4v) is 1.72. The molecule has 0 aliphatic carbocycles. The maximum atomic E-state index is 8.46. The Morgan fingerprint density at radius 1 is 1.69 bits per heavy atom. The van der Waals surface area contributed by atoms with Crippen LogP contribution in [0.15, 0.2) is 5.16 Å². The summed E-state index contributed by atoms with van der Waals surface area (Å²) >= 11 is 6.09. The lowest BCUT2D eigenvalue weighted by Gasteiger charge is -2.15. The van der Waals surface area contributed by atoms with Gasteiger partial charge in [0.15, 0.2) is 5.84 Å². The van der Waals surface area contributed by atoms with E-state index < -0.39 is 0 Å². The van der Waals surface area contributed by atoms with E-state index in [1.165, 1.54) is 0 Å². The van der Waals surface area contributed by atoms with Gasteiger partial charge >= 0.3 is 0 Å². The van der Waals surface area contributed by atoms with Gasteiger partial charge in [-0.05, 0) is 14.0 Å². The largest absolute Gasteiger partial charge is 0.409 e. The second-order valence-electron chi connectivity index (χ2n) is 3.74. The van der Waals surface area contributed by atoms with Crippen LogP contribution in [-0.2, 0) is 13.6 Å². The molecule has 0 aromatic carbocycles. The number of hydrogen-bond donors (Lipinski definition) is 2. The zero-order valence-corrected chi connectivity index (χ0v) is 10.4. The fraction of sp³-hybridized carbons (Fsp3) is 0.556. The fourth-order valence-electron chi connectivity index (χ4n) is 1.49. The van der Waals surface area contributed by atoms with Crippen LogP contribution in [0.2, 0.25) is 5.15 Å². The quantitative estimate of drug-likeness (QED) is 0.352. The van der Waals surface area contributed by atoms with E-state index >= 15 is 0 Å². The summed E-state index contributed by atoms with van der Waals surface area (Å²) in [7, 11) is 3.66. The van der Waals surface area contributed by atoms with E-state index in [0.29, 0.717) is 18.2 Å². The highest BCUT2D eigenvalue weighted by Crippen LogP contribution is 2.19. The van der Waals surface area contributed by atoms with Gasteiger partial charge in [0.25, 0.3) is 0 Å². The molecule has 0 bridgehead atoms. The number of aryl methyl sites for hydroxylation is 2. The van der Waals surface area contributed by atoms with Crippen LogP contribution in [0.25, 0.3) is 0 Å². The van der Waals surface area contributed by atoms with Gasteiger partial charge in [-0.3, -0.25) is 9.58 Å². The van der Waals surface area contributed by atoms with Crippen molar-refractivity contribution in [3.63, 3.8) is 0 Å². The second-order valence-corrected chi connectivity index (χ2v) is 4.10. The van der Waals surface area contributed by atoms with Crippen molar-refractivity contribution in [2.45, 2.75) is 13.5 Å². The summed E-state index contributed by atoms with van der Waals surface area (Å²) in [6, 6.07) is 0. The van der Waals surface area contributed by atoms with Crippen LogP contribution >= 0.6 is 11.6 Å². The third-order valence-corrected chi connectivity index (χ3v) is 2.73. The third-order valence-electron chi connectivity index (χ3n) is 2.26. The number of hydrogen-bond acceptors (Lipinski definition) is 4. The molecule has 1 aromatic heterocycles. The maximum absolute atomic E-state index is 8.46. The molecule has 0 fully saturated rings. The Morgan fingerprint density at radius 2 is 2.31 bits per heavy atom. The molecule has 0 spiro atoms. The number of oxime groups is 1. The first kappa shape index (κ1) is 12.8. The molecule has 0 aliphatic rings. The molecule has 1 heterocycles. The summed E-state index contributed by atoms with van der Waals surface area (Å²) in [5, 5.41) is 16.2. The molecule has 3 N–H and O–H groups in total. The molecule has 0 aliphatic heterocycles.